The third kappa shape index (κ3) is 4.47. The SMILES string of the molecule is COc1cc2c(cc1OC)C1C(=O)c3ccc4c(c3OC1CO2)CC(C(C)(CO)OC1OC(CO)C(O)C(O)C1O)O4. The highest BCUT2D eigenvalue weighted by Crippen LogP contribution is 2.50. The molecule has 5 N–H and O–H groups in total. The van der Waals surface area contributed by atoms with Crippen LogP contribution < -0.4 is 23.7 Å². The van der Waals surface area contributed by atoms with Crippen molar-refractivity contribution in [2.24, 2.45) is 0 Å². The lowest BCUT2D eigenvalue weighted by atomic mass is 9.81. The van der Waals surface area contributed by atoms with Crippen molar-refractivity contribution < 1.29 is 63.5 Å². The van der Waals surface area contributed by atoms with Crippen molar-refractivity contribution in [3.05, 3.63) is 41.0 Å². The van der Waals surface area contributed by atoms with Gasteiger partial charge in [0, 0.05) is 23.6 Å². The molecule has 0 amide bonds. The van der Waals surface area contributed by atoms with Crippen LogP contribution in [-0.2, 0) is 15.9 Å². The molecule has 4 aliphatic heterocycles. The van der Waals surface area contributed by atoms with E-state index in [1.807, 2.05) is 0 Å². The van der Waals surface area contributed by atoms with Gasteiger partial charge in [-0.3, -0.25) is 4.79 Å². The summed E-state index contributed by atoms with van der Waals surface area (Å²) in [6, 6.07) is 6.72. The van der Waals surface area contributed by atoms with E-state index in [0.717, 1.165) is 0 Å². The summed E-state index contributed by atoms with van der Waals surface area (Å²) in [5, 5.41) is 50.6. The smallest absolute Gasteiger partial charge is 0.187 e. The van der Waals surface area contributed by atoms with Crippen molar-refractivity contribution in [2.75, 3.05) is 34.0 Å². The summed E-state index contributed by atoms with van der Waals surface area (Å²) in [5.41, 5.74) is 0.153. The number of aliphatic hydroxyl groups is 5. The van der Waals surface area contributed by atoms with Crippen LogP contribution in [0.4, 0.5) is 0 Å². The van der Waals surface area contributed by atoms with E-state index in [1.54, 1.807) is 31.2 Å². The van der Waals surface area contributed by atoms with Crippen LogP contribution in [0.2, 0.25) is 0 Å². The topological polar surface area (TPSA) is 183 Å². The van der Waals surface area contributed by atoms with Gasteiger partial charge >= 0.3 is 0 Å². The number of fused-ring (bicyclic) bond motifs is 6. The van der Waals surface area contributed by atoms with Crippen molar-refractivity contribution in [3.63, 3.8) is 0 Å². The first kappa shape index (κ1) is 28.9. The predicted octanol–water partition coefficient (Wildman–Crippen LogP) is -0.305. The van der Waals surface area contributed by atoms with Crippen LogP contribution in [0, 0.1) is 0 Å². The summed E-state index contributed by atoms with van der Waals surface area (Å²) in [6.07, 6.45) is -8.76. The number of Topliss-reactive ketones (excluding diaryl/α,β-unsaturated/α-hetero) is 1. The number of hydrogen-bond donors (Lipinski definition) is 5. The van der Waals surface area contributed by atoms with E-state index in [0.29, 0.717) is 45.4 Å². The van der Waals surface area contributed by atoms with Crippen LogP contribution in [0.15, 0.2) is 24.3 Å². The molecule has 9 unspecified atom stereocenters. The summed E-state index contributed by atoms with van der Waals surface area (Å²) in [6.45, 7) is 0.484. The number of aliphatic hydroxyl groups excluding tert-OH is 5. The molecule has 2 aromatic carbocycles. The lowest BCUT2D eigenvalue weighted by Gasteiger charge is -2.44. The lowest BCUT2D eigenvalue weighted by Crippen LogP contribution is -2.62. The Kier molecular flexibility index (Phi) is 7.46. The van der Waals surface area contributed by atoms with Gasteiger partial charge in [-0.2, -0.15) is 0 Å². The average Bonchev–Trinajstić information content (AvgIpc) is 3.46. The Bertz CT molecular complexity index is 1360. The summed E-state index contributed by atoms with van der Waals surface area (Å²) in [7, 11) is 3.04. The van der Waals surface area contributed by atoms with E-state index < -0.39 is 67.6 Å². The number of ketones is 1. The number of carbonyl (C=O) groups is 1. The van der Waals surface area contributed by atoms with E-state index in [4.69, 9.17) is 33.2 Å². The number of benzene rings is 2. The molecule has 1 saturated heterocycles. The van der Waals surface area contributed by atoms with Crippen LogP contribution >= 0.6 is 0 Å². The van der Waals surface area contributed by atoms with Crippen molar-refractivity contribution >= 4 is 5.78 Å². The van der Waals surface area contributed by atoms with Gasteiger partial charge in [0.2, 0.25) is 0 Å². The molecule has 0 bridgehead atoms. The normalized spacial score (nSPS) is 32.6. The predicted molar refractivity (Wildman–Crippen MR) is 141 cm³/mol. The van der Waals surface area contributed by atoms with Crippen LogP contribution in [0.1, 0.15) is 34.3 Å². The molecule has 9 atom stereocenters. The summed E-state index contributed by atoms with van der Waals surface area (Å²) >= 11 is 0. The maximum atomic E-state index is 13.9. The molecule has 13 heteroatoms. The minimum atomic E-state index is -1.66. The molecular weight excluding hydrogens is 556 g/mol. The molecule has 4 aliphatic rings. The first-order valence-electron chi connectivity index (χ1n) is 13.6. The second kappa shape index (κ2) is 10.8. The van der Waals surface area contributed by atoms with Crippen molar-refractivity contribution in [1.82, 2.24) is 0 Å². The van der Waals surface area contributed by atoms with E-state index in [1.165, 1.54) is 14.2 Å². The molecule has 0 radical (unpaired) electrons. The molecule has 42 heavy (non-hydrogen) atoms. The molecule has 0 saturated carbocycles. The quantitative estimate of drug-likeness (QED) is 0.284. The van der Waals surface area contributed by atoms with Gasteiger partial charge in [0.15, 0.2) is 23.6 Å². The highest BCUT2D eigenvalue weighted by atomic mass is 16.7. The number of rotatable bonds is 7. The molecule has 6 rings (SSSR count). The number of methoxy groups -OCH3 is 2. The molecule has 0 aliphatic carbocycles. The number of hydrogen-bond acceptors (Lipinski definition) is 13. The highest BCUT2D eigenvalue weighted by molar-refractivity contribution is 6.06. The third-order valence-electron chi connectivity index (χ3n) is 8.55. The molecule has 4 heterocycles. The largest absolute Gasteiger partial charge is 0.493 e. The number of ether oxygens (including phenoxy) is 7. The van der Waals surface area contributed by atoms with Gasteiger partial charge < -0.3 is 58.7 Å². The van der Waals surface area contributed by atoms with Crippen molar-refractivity contribution in [3.8, 4) is 28.7 Å². The molecular formula is C29H34O13. The summed E-state index contributed by atoms with van der Waals surface area (Å²) < 4.78 is 40.8. The zero-order chi connectivity index (χ0) is 29.9. The van der Waals surface area contributed by atoms with Crippen LogP contribution in [-0.4, -0.2) is 114 Å². The van der Waals surface area contributed by atoms with Gasteiger partial charge in [-0.05, 0) is 25.1 Å². The van der Waals surface area contributed by atoms with Gasteiger partial charge in [0.1, 0.15) is 66.1 Å². The Balaban J connectivity index is 1.27. The van der Waals surface area contributed by atoms with Crippen molar-refractivity contribution in [2.45, 2.75) is 67.8 Å². The second-order valence-corrected chi connectivity index (χ2v) is 11.1. The van der Waals surface area contributed by atoms with Crippen LogP contribution in [0.3, 0.4) is 0 Å². The molecule has 228 valence electrons. The Hall–Kier alpha value is -3.17. The summed E-state index contributed by atoms with van der Waals surface area (Å²) in [5.74, 6) is 1.49. The maximum Gasteiger partial charge on any atom is 0.187 e. The third-order valence-corrected chi connectivity index (χ3v) is 8.55. The zero-order valence-corrected chi connectivity index (χ0v) is 23.3. The molecule has 13 nitrogen and oxygen atoms in total. The zero-order valence-electron chi connectivity index (χ0n) is 23.3. The van der Waals surface area contributed by atoms with Gasteiger partial charge in [0.05, 0.1) is 38.9 Å². The molecule has 2 aromatic rings. The Morgan fingerprint density at radius 1 is 0.976 bits per heavy atom. The van der Waals surface area contributed by atoms with Crippen LogP contribution in [0.5, 0.6) is 28.7 Å². The Morgan fingerprint density at radius 3 is 2.40 bits per heavy atom. The van der Waals surface area contributed by atoms with E-state index in [2.05, 4.69) is 0 Å². The minimum Gasteiger partial charge on any atom is -0.493 e. The first-order chi connectivity index (χ1) is 20.1. The monoisotopic (exact) mass is 590 g/mol. The Labute approximate surface area is 241 Å². The maximum absolute atomic E-state index is 13.9. The molecule has 0 spiro atoms. The standard InChI is InChI=1S/C29H34O13/c1-29(11-31,42-28-26(35)25(34)24(33)19(9-30)41-28)21-7-14-15(39-21)5-4-12-23(32)22-13-6-17(36-2)18(37-3)8-16(13)38-10-20(22)40-27(12)14/h4-6,8,19-22,24-26,28,30-31,33-35H,7,9-11H2,1-3H3. The minimum absolute atomic E-state index is 0.126. The molecule has 0 aromatic heterocycles. The van der Waals surface area contributed by atoms with Crippen LogP contribution in [0.25, 0.3) is 0 Å². The van der Waals surface area contributed by atoms with E-state index >= 15 is 0 Å². The fourth-order valence-corrected chi connectivity index (χ4v) is 6.05. The van der Waals surface area contributed by atoms with Crippen molar-refractivity contribution in [1.29, 1.82) is 0 Å². The van der Waals surface area contributed by atoms with Gasteiger partial charge in [-0.15, -0.1) is 0 Å². The first-order valence-corrected chi connectivity index (χ1v) is 13.6. The van der Waals surface area contributed by atoms with Gasteiger partial charge in [-0.25, -0.2) is 0 Å². The van der Waals surface area contributed by atoms with Gasteiger partial charge in [0.25, 0.3) is 0 Å². The lowest BCUT2D eigenvalue weighted by molar-refractivity contribution is -0.335. The highest BCUT2D eigenvalue weighted by Gasteiger charge is 2.51. The average molecular weight is 591 g/mol. The molecule has 1 fully saturated rings. The fourth-order valence-electron chi connectivity index (χ4n) is 6.05. The van der Waals surface area contributed by atoms with E-state index in [9.17, 15) is 30.3 Å². The second-order valence-electron chi connectivity index (χ2n) is 11.1. The van der Waals surface area contributed by atoms with E-state index in [-0.39, 0.29) is 18.8 Å². The Morgan fingerprint density at radius 2 is 1.71 bits per heavy atom. The van der Waals surface area contributed by atoms with Gasteiger partial charge in [-0.1, -0.05) is 0 Å². The summed E-state index contributed by atoms with van der Waals surface area (Å²) in [4.78, 5) is 13.9. The number of carbonyl (C=O) groups excluding carboxylic acids is 1. The fraction of sp³-hybridized carbons (Fsp3) is 0.552.